The molecule has 0 saturated carbocycles. The van der Waals surface area contributed by atoms with Gasteiger partial charge in [0.25, 0.3) is 0 Å². The molecule has 1 heterocycles. The molecule has 0 radical (unpaired) electrons. The summed E-state index contributed by atoms with van der Waals surface area (Å²) in [6.07, 6.45) is 0.664. The first-order chi connectivity index (χ1) is 8.88. The van der Waals surface area contributed by atoms with Crippen LogP contribution in [0.2, 0.25) is 0 Å². The van der Waals surface area contributed by atoms with Crippen LogP contribution in [0.1, 0.15) is 20.3 Å². The van der Waals surface area contributed by atoms with Gasteiger partial charge in [-0.2, -0.15) is 0 Å². The first kappa shape index (κ1) is 15.3. The SMILES string of the molecule is CCNC(=O)CN(C)C(=O)N1CCC(C)C1C(=O)O. The Hall–Kier alpha value is -1.79. The number of likely N-dealkylation sites (tertiary alicyclic amines) is 1. The monoisotopic (exact) mass is 271 g/mol. The third kappa shape index (κ3) is 3.59. The van der Waals surface area contributed by atoms with Gasteiger partial charge in [-0.25, -0.2) is 9.59 Å². The molecule has 3 amide bonds. The summed E-state index contributed by atoms with van der Waals surface area (Å²) >= 11 is 0. The lowest BCUT2D eigenvalue weighted by Crippen LogP contribution is -2.50. The van der Waals surface area contributed by atoms with Crippen molar-refractivity contribution in [3.63, 3.8) is 0 Å². The number of likely N-dealkylation sites (N-methyl/N-ethyl adjacent to an activating group) is 2. The molecule has 0 aromatic rings. The highest BCUT2D eigenvalue weighted by Crippen LogP contribution is 2.24. The second-order valence-corrected chi connectivity index (χ2v) is 4.83. The predicted molar refractivity (Wildman–Crippen MR) is 68.6 cm³/mol. The van der Waals surface area contributed by atoms with E-state index in [0.717, 1.165) is 0 Å². The molecule has 1 fully saturated rings. The minimum Gasteiger partial charge on any atom is -0.480 e. The van der Waals surface area contributed by atoms with Crippen LogP contribution in [0.3, 0.4) is 0 Å². The second kappa shape index (κ2) is 6.40. The van der Waals surface area contributed by atoms with Gasteiger partial charge in [0.2, 0.25) is 5.91 Å². The van der Waals surface area contributed by atoms with Gasteiger partial charge in [0.1, 0.15) is 12.6 Å². The van der Waals surface area contributed by atoms with Crippen LogP contribution < -0.4 is 5.32 Å². The highest BCUT2D eigenvalue weighted by Gasteiger charge is 2.40. The van der Waals surface area contributed by atoms with E-state index in [0.29, 0.717) is 19.5 Å². The maximum absolute atomic E-state index is 12.2. The molecule has 108 valence electrons. The largest absolute Gasteiger partial charge is 0.480 e. The molecule has 1 rings (SSSR count). The lowest BCUT2D eigenvalue weighted by molar-refractivity contribution is -0.142. The van der Waals surface area contributed by atoms with E-state index in [1.54, 1.807) is 6.92 Å². The molecule has 0 bridgehead atoms. The van der Waals surface area contributed by atoms with E-state index in [1.165, 1.54) is 16.8 Å². The van der Waals surface area contributed by atoms with Crippen molar-refractivity contribution in [2.24, 2.45) is 5.92 Å². The minimum absolute atomic E-state index is 0.0656. The van der Waals surface area contributed by atoms with Crippen molar-refractivity contribution in [2.45, 2.75) is 26.3 Å². The Bertz CT molecular complexity index is 372. The number of urea groups is 1. The zero-order valence-electron chi connectivity index (χ0n) is 11.5. The van der Waals surface area contributed by atoms with Gasteiger partial charge in [0, 0.05) is 20.1 Å². The quantitative estimate of drug-likeness (QED) is 0.751. The number of nitrogens with zero attached hydrogens (tertiary/aromatic N) is 2. The highest BCUT2D eigenvalue weighted by molar-refractivity contribution is 5.87. The minimum atomic E-state index is -0.996. The smallest absolute Gasteiger partial charge is 0.326 e. The maximum Gasteiger partial charge on any atom is 0.326 e. The Morgan fingerprint density at radius 1 is 1.42 bits per heavy atom. The standard InChI is InChI=1S/C12H21N3O4/c1-4-13-9(16)7-14(3)12(19)15-6-5-8(2)10(15)11(17)18/h8,10H,4-7H2,1-3H3,(H,13,16)(H,17,18). The molecule has 1 aliphatic heterocycles. The van der Waals surface area contributed by atoms with Gasteiger partial charge in [-0.3, -0.25) is 4.79 Å². The van der Waals surface area contributed by atoms with Crippen LogP contribution in [0, 0.1) is 5.92 Å². The van der Waals surface area contributed by atoms with Crippen molar-refractivity contribution < 1.29 is 19.5 Å². The fraction of sp³-hybridized carbons (Fsp3) is 0.750. The van der Waals surface area contributed by atoms with E-state index in [9.17, 15) is 14.4 Å². The Labute approximate surface area is 112 Å². The Balaban J connectivity index is 2.66. The number of carbonyl (C=O) groups excluding carboxylic acids is 2. The number of carboxylic acids is 1. The zero-order chi connectivity index (χ0) is 14.6. The average molecular weight is 271 g/mol. The lowest BCUT2D eigenvalue weighted by atomic mass is 10.0. The van der Waals surface area contributed by atoms with Gasteiger partial charge in [0.15, 0.2) is 0 Å². The molecule has 7 nitrogen and oxygen atoms in total. The summed E-state index contributed by atoms with van der Waals surface area (Å²) in [6, 6.07) is -1.22. The molecule has 2 N–H and O–H groups in total. The van der Waals surface area contributed by atoms with E-state index in [4.69, 9.17) is 5.11 Å². The molecule has 0 aromatic heterocycles. The van der Waals surface area contributed by atoms with Gasteiger partial charge < -0.3 is 20.2 Å². The summed E-state index contributed by atoms with van der Waals surface area (Å²) in [5.41, 5.74) is 0. The fourth-order valence-corrected chi connectivity index (χ4v) is 2.29. The van der Waals surface area contributed by atoms with Crippen LogP contribution >= 0.6 is 0 Å². The maximum atomic E-state index is 12.2. The fourth-order valence-electron chi connectivity index (χ4n) is 2.29. The zero-order valence-corrected chi connectivity index (χ0v) is 11.5. The topological polar surface area (TPSA) is 90.0 Å². The van der Waals surface area contributed by atoms with E-state index in [2.05, 4.69) is 5.32 Å². The van der Waals surface area contributed by atoms with Gasteiger partial charge in [-0.1, -0.05) is 6.92 Å². The number of hydrogen-bond acceptors (Lipinski definition) is 3. The summed E-state index contributed by atoms with van der Waals surface area (Å²) in [5.74, 6) is -1.32. The Kier molecular flexibility index (Phi) is 5.14. The number of aliphatic carboxylic acids is 1. The van der Waals surface area contributed by atoms with Gasteiger partial charge in [-0.15, -0.1) is 0 Å². The molecule has 7 heteroatoms. The molecule has 1 saturated heterocycles. The number of hydrogen-bond donors (Lipinski definition) is 2. The van der Waals surface area contributed by atoms with E-state index < -0.39 is 18.0 Å². The van der Waals surface area contributed by atoms with E-state index in [1.807, 2.05) is 6.92 Å². The highest BCUT2D eigenvalue weighted by atomic mass is 16.4. The van der Waals surface area contributed by atoms with E-state index >= 15 is 0 Å². The normalized spacial score (nSPS) is 22.2. The summed E-state index contributed by atoms with van der Waals surface area (Å²) in [4.78, 5) is 37.3. The van der Waals surface area contributed by atoms with Crippen LogP contribution in [-0.2, 0) is 9.59 Å². The molecule has 1 aliphatic rings. The molecular weight excluding hydrogens is 250 g/mol. The van der Waals surface area contributed by atoms with Crippen molar-refractivity contribution in [3.8, 4) is 0 Å². The van der Waals surface area contributed by atoms with Crippen molar-refractivity contribution in [2.75, 3.05) is 26.7 Å². The van der Waals surface area contributed by atoms with Crippen LogP contribution in [0.25, 0.3) is 0 Å². The number of nitrogens with one attached hydrogen (secondary N) is 1. The predicted octanol–water partition coefficient (Wildman–Crippen LogP) is -0.0307. The van der Waals surface area contributed by atoms with Crippen molar-refractivity contribution >= 4 is 17.9 Å². The lowest BCUT2D eigenvalue weighted by Gasteiger charge is -2.28. The van der Waals surface area contributed by atoms with Gasteiger partial charge >= 0.3 is 12.0 Å². The van der Waals surface area contributed by atoms with Crippen LogP contribution in [-0.4, -0.2) is 65.5 Å². The molecule has 0 aromatic carbocycles. The Morgan fingerprint density at radius 3 is 2.58 bits per heavy atom. The number of amides is 3. The van der Waals surface area contributed by atoms with Crippen LogP contribution in [0.5, 0.6) is 0 Å². The molecule has 0 aliphatic carbocycles. The van der Waals surface area contributed by atoms with Crippen LogP contribution in [0.15, 0.2) is 0 Å². The van der Waals surface area contributed by atoms with Gasteiger partial charge in [-0.05, 0) is 19.3 Å². The summed E-state index contributed by atoms with van der Waals surface area (Å²) in [6.45, 7) is 4.46. The number of carboxylic acid groups (broad SMARTS) is 1. The molecule has 0 spiro atoms. The number of carbonyl (C=O) groups is 3. The third-order valence-corrected chi connectivity index (χ3v) is 3.28. The second-order valence-electron chi connectivity index (χ2n) is 4.83. The number of rotatable bonds is 4. The molecular formula is C12H21N3O4. The molecule has 2 atom stereocenters. The van der Waals surface area contributed by atoms with Crippen molar-refractivity contribution in [3.05, 3.63) is 0 Å². The molecule has 19 heavy (non-hydrogen) atoms. The van der Waals surface area contributed by atoms with Crippen LogP contribution in [0.4, 0.5) is 4.79 Å². The summed E-state index contributed by atoms with van der Waals surface area (Å²) in [5, 5.41) is 11.8. The van der Waals surface area contributed by atoms with Crippen molar-refractivity contribution in [1.29, 1.82) is 0 Å². The molecule has 2 unspecified atom stereocenters. The first-order valence-corrected chi connectivity index (χ1v) is 6.39. The summed E-state index contributed by atoms with van der Waals surface area (Å²) in [7, 11) is 1.50. The van der Waals surface area contributed by atoms with E-state index in [-0.39, 0.29) is 18.4 Å². The average Bonchev–Trinajstić information content (AvgIpc) is 2.70. The summed E-state index contributed by atoms with van der Waals surface area (Å²) < 4.78 is 0. The third-order valence-electron chi connectivity index (χ3n) is 3.28. The first-order valence-electron chi connectivity index (χ1n) is 6.39. The van der Waals surface area contributed by atoms with Crippen molar-refractivity contribution in [1.82, 2.24) is 15.1 Å². The van der Waals surface area contributed by atoms with Gasteiger partial charge in [0.05, 0.1) is 0 Å². The Morgan fingerprint density at radius 2 is 2.05 bits per heavy atom.